The number of rotatable bonds is 5. The number of nitrogens with two attached hydrogens (primary N) is 1. The van der Waals surface area contributed by atoms with Crippen LogP contribution in [0.3, 0.4) is 0 Å². The Bertz CT molecular complexity index is 609. The number of aryl methyl sites for hydroxylation is 1. The summed E-state index contributed by atoms with van der Waals surface area (Å²) in [6.07, 6.45) is 0. The second-order valence-electron chi connectivity index (χ2n) is 4.11. The Kier molecular flexibility index (Phi) is 4.19. The first-order chi connectivity index (χ1) is 9.60. The van der Waals surface area contributed by atoms with Gasteiger partial charge in [-0.2, -0.15) is 4.98 Å². The lowest BCUT2D eigenvalue weighted by molar-refractivity contribution is 0.0526. The van der Waals surface area contributed by atoms with Crippen LogP contribution in [0.1, 0.15) is 29.0 Å². The number of aromatic nitrogens is 2. The van der Waals surface area contributed by atoms with Crippen molar-refractivity contribution in [2.45, 2.75) is 20.4 Å². The predicted octanol–water partition coefficient (Wildman–Crippen LogP) is 1.75. The summed E-state index contributed by atoms with van der Waals surface area (Å²) in [4.78, 5) is 15.7. The summed E-state index contributed by atoms with van der Waals surface area (Å²) in [7, 11) is 0. The predicted molar refractivity (Wildman–Crippen MR) is 73.2 cm³/mol. The lowest BCUT2D eigenvalue weighted by Crippen LogP contribution is -2.08. The number of carbonyl (C=O) groups excluding carboxylic acids is 1. The fraction of sp³-hybridized carbons (Fsp3) is 0.308. The second kappa shape index (κ2) is 6.05. The van der Waals surface area contributed by atoms with E-state index in [9.17, 15) is 4.79 Å². The molecule has 7 heteroatoms. The first-order valence-corrected chi connectivity index (χ1v) is 6.20. The van der Waals surface area contributed by atoms with Gasteiger partial charge in [-0.1, -0.05) is 5.16 Å². The molecule has 3 N–H and O–H groups in total. The first kappa shape index (κ1) is 13.9. The highest BCUT2D eigenvalue weighted by Crippen LogP contribution is 2.21. The van der Waals surface area contributed by atoms with Crippen LogP contribution in [0, 0.1) is 6.92 Å². The Morgan fingerprint density at radius 2 is 2.30 bits per heavy atom. The maximum absolute atomic E-state index is 11.7. The highest BCUT2D eigenvalue weighted by molar-refractivity contribution is 5.92. The number of ether oxygens (including phenoxy) is 1. The van der Waals surface area contributed by atoms with Crippen molar-refractivity contribution >= 4 is 17.3 Å². The second-order valence-corrected chi connectivity index (χ2v) is 4.11. The SMILES string of the molecule is CCOC(=O)c1ccc(N)c(NCc2noc(C)n2)c1. The summed E-state index contributed by atoms with van der Waals surface area (Å²) in [5.41, 5.74) is 7.44. The third kappa shape index (κ3) is 3.25. The van der Waals surface area contributed by atoms with Crippen molar-refractivity contribution in [3.8, 4) is 0 Å². The molecule has 20 heavy (non-hydrogen) atoms. The molecule has 0 saturated carbocycles. The van der Waals surface area contributed by atoms with Crippen molar-refractivity contribution < 1.29 is 14.1 Å². The van der Waals surface area contributed by atoms with E-state index in [0.29, 0.717) is 41.8 Å². The van der Waals surface area contributed by atoms with Gasteiger partial charge >= 0.3 is 5.97 Å². The monoisotopic (exact) mass is 276 g/mol. The van der Waals surface area contributed by atoms with Gasteiger partial charge in [-0.15, -0.1) is 0 Å². The maximum Gasteiger partial charge on any atom is 0.338 e. The van der Waals surface area contributed by atoms with Crippen LogP contribution in [-0.2, 0) is 11.3 Å². The first-order valence-electron chi connectivity index (χ1n) is 6.20. The van der Waals surface area contributed by atoms with Crippen molar-refractivity contribution in [3.63, 3.8) is 0 Å². The number of nitrogens with one attached hydrogen (secondary N) is 1. The number of benzene rings is 1. The molecular weight excluding hydrogens is 260 g/mol. The zero-order valence-corrected chi connectivity index (χ0v) is 11.3. The molecule has 0 fully saturated rings. The Morgan fingerprint density at radius 3 is 2.95 bits per heavy atom. The molecule has 0 saturated heterocycles. The average Bonchev–Trinajstić information content (AvgIpc) is 2.84. The molecule has 0 bridgehead atoms. The smallest absolute Gasteiger partial charge is 0.338 e. The molecule has 1 aromatic carbocycles. The van der Waals surface area contributed by atoms with E-state index in [1.165, 1.54) is 0 Å². The van der Waals surface area contributed by atoms with E-state index in [1.54, 1.807) is 32.0 Å². The molecule has 1 aromatic heterocycles. The van der Waals surface area contributed by atoms with Crippen molar-refractivity contribution in [2.75, 3.05) is 17.7 Å². The van der Waals surface area contributed by atoms with Gasteiger partial charge in [0.15, 0.2) is 5.82 Å². The molecule has 106 valence electrons. The largest absolute Gasteiger partial charge is 0.462 e. The highest BCUT2D eigenvalue weighted by Gasteiger charge is 2.10. The molecule has 0 aliphatic rings. The van der Waals surface area contributed by atoms with Gasteiger partial charge in [-0.05, 0) is 25.1 Å². The van der Waals surface area contributed by atoms with Crippen molar-refractivity contribution in [1.29, 1.82) is 0 Å². The molecule has 0 spiro atoms. The summed E-state index contributed by atoms with van der Waals surface area (Å²) >= 11 is 0. The van der Waals surface area contributed by atoms with E-state index in [-0.39, 0.29) is 5.97 Å². The van der Waals surface area contributed by atoms with Gasteiger partial charge in [0, 0.05) is 6.92 Å². The summed E-state index contributed by atoms with van der Waals surface area (Å²) < 4.78 is 9.81. The molecule has 2 rings (SSSR count). The van der Waals surface area contributed by atoms with Crippen molar-refractivity contribution in [2.24, 2.45) is 0 Å². The lowest BCUT2D eigenvalue weighted by atomic mass is 10.1. The maximum atomic E-state index is 11.7. The standard InChI is InChI=1S/C13H16N4O3/c1-3-19-13(18)9-4-5-10(14)11(6-9)15-7-12-16-8(2)20-17-12/h4-6,15H,3,7,14H2,1-2H3. The zero-order valence-electron chi connectivity index (χ0n) is 11.3. The molecule has 0 unspecified atom stereocenters. The van der Waals surface area contributed by atoms with Gasteiger partial charge < -0.3 is 20.3 Å². The van der Waals surface area contributed by atoms with Gasteiger partial charge in [0.25, 0.3) is 0 Å². The topological polar surface area (TPSA) is 103 Å². The zero-order chi connectivity index (χ0) is 14.5. The van der Waals surface area contributed by atoms with Crippen LogP contribution in [0.4, 0.5) is 11.4 Å². The van der Waals surface area contributed by atoms with Gasteiger partial charge in [0.1, 0.15) is 0 Å². The van der Waals surface area contributed by atoms with Gasteiger partial charge in [-0.3, -0.25) is 0 Å². The van der Waals surface area contributed by atoms with E-state index in [0.717, 1.165) is 0 Å². The Balaban J connectivity index is 2.10. The van der Waals surface area contributed by atoms with Crippen LogP contribution in [0.2, 0.25) is 0 Å². The lowest BCUT2D eigenvalue weighted by Gasteiger charge is -2.09. The number of hydrogen-bond acceptors (Lipinski definition) is 7. The number of hydrogen-bond donors (Lipinski definition) is 2. The van der Waals surface area contributed by atoms with Crippen LogP contribution in [0.15, 0.2) is 22.7 Å². The summed E-state index contributed by atoms with van der Waals surface area (Å²) in [6, 6.07) is 4.91. The molecule has 7 nitrogen and oxygen atoms in total. The van der Waals surface area contributed by atoms with E-state index < -0.39 is 0 Å². The number of nitrogen functional groups attached to an aromatic ring is 1. The third-order valence-electron chi connectivity index (χ3n) is 2.57. The fourth-order valence-corrected chi connectivity index (χ4v) is 1.64. The summed E-state index contributed by atoms with van der Waals surface area (Å²) in [5, 5.41) is 6.83. The summed E-state index contributed by atoms with van der Waals surface area (Å²) in [6.45, 7) is 4.15. The Morgan fingerprint density at radius 1 is 1.50 bits per heavy atom. The third-order valence-corrected chi connectivity index (χ3v) is 2.57. The van der Waals surface area contributed by atoms with E-state index in [4.69, 9.17) is 15.0 Å². The molecule has 0 atom stereocenters. The average molecular weight is 276 g/mol. The molecule has 0 amide bonds. The quantitative estimate of drug-likeness (QED) is 0.633. The molecular formula is C13H16N4O3. The van der Waals surface area contributed by atoms with E-state index in [1.807, 2.05) is 0 Å². The molecule has 1 heterocycles. The van der Waals surface area contributed by atoms with Crippen LogP contribution in [0.25, 0.3) is 0 Å². The number of carbonyl (C=O) groups is 1. The van der Waals surface area contributed by atoms with Gasteiger partial charge in [0.05, 0.1) is 30.1 Å². The van der Waals surface area contributed by atoms with Crippen LogP contribution >= 0.6 is 0 Å². The summed E-state index contributed by atoms with van der Waals surface area (Å²) in [5.74, 6) is 0.629. The fourth-order valence-electron chi connectivity index (χ4n) is 1.64. The Labute approximate surface area is 116 Å². The molecule has 0 aliphatic heterocycles. The van der Waals surface area contributed by atoms with E-state index >= 15 is 0 Å². The minimum absolute atomic E-state index is 0.327. The van der Waals surface area contributed by atoms with Crippen molar-refractivity contribution in [1.82, 2.24) is 10.1 Å². The molecule has 2 aromatic rings. The van der Waals surface area contributed by atoms with Gasteiger partial charge in [-0.25, -0.2) is 4.79 Å². The normalized spacial score (nSPS) is 10.3. The minimum Gasteiger partial charge on any atom is -0.462 e. The highest BCUT2D eigenvalue weighted by atomic mass is 16.5. The van der Waals surface area contributed by atoms with Gasteiger partial charge in [0.2, 0.25) is 5.89 Å². The number of anilines is 2. The van der Waals surface area contributed by atoms with Crippen LogP contribution in [-0.4, -0.2) is 22.7 Å². The molecule has 0 aliphatic carbocycles. The minimum atomic E-state index is -0.383. The van der Waals surface area contributed by atoms with Crippen LogP contribution < -0.4 is 11.1 Å². The van der Waals surface area contributed by atoms with E-state index in [2.05, 4.69) is 15.5 Å². The van der Waals surface area contributed by atoms with Crippen LogP contribution in [0.5, 0.6) is 0 Å². The van der Waals surface area contributed by atoms with Crippen molar-refractivity contribution in [3.05, 3.63) is 35.5 Å². The molecule has 0 radical (unpaired) electrons. The number of esters is 1. The number of nitrogens with zero attached hydrogens (tertiary/aromatic N) is 2. The Hall–Kier alpha value is -2.57.